The van der Waals surface area contributed by atoms with Crippen molar-refractivity contribution < 1.29 is 27.9 Å². The zero-order chi connectivity index (χ0) is 18.3. The number of nitrogens with zero attached hydrogens (tertiary/aromatic N) is 1. The lowest BCUT2D eigenvalue weighted by atomic mass is 10.1. The minimum Gasteiger partial charge on any atom is -0.479 e. The van der Waals surface area contributed by atoms with E-state index in [1.807, 2.05) is 0 Å². The molecule has 1 unspecified atom stereocenters. The molecule has 1 aliphatic rings. The number of aliphatic carboxylic acids is 1. The Morgan fingerprint density at radius 3 is 2.46 bits per heavy atom. The van der Waals surface area contributed by atoms with E-state index in [0.717, 1.165) is 4.90 Å². The molecule has 0 saturated carbocycles. The number of ether oxygens (including phenoxy) is 1. The summed E-state index contributed by atoms with van der Waals surface area (Å²) < 4.78 is 31.2. The minimum absolute atomic E-state index is 0.0129. The molecule has 1 aromatic rings. The van der Waals surface area contributed by atoms with Gasteiger partial charge in [0.2, 0.25) is 10.0 Å². The van der Waals surface area contributed by atoms with Crippen molar-refractivity contribution in [3.8, 4) is 0 Å². The highest BCUT2D eigenvalue weighted by Crippen LogP contribution is 2.36. The summed E-state index contributed by atoms with van der Waals surface area (Å²) in [7, 11) is -2.37. The average Bonchev–Trinajstić information content (AvgIpc) is 2.84. The van der Waals surface area contributed by atoms with Crippen LogP contribution in [0.25, 0.3) is 0 Å². The lowest BCUT2D eigenvalue weighted by Gasteiger charge is -2.27. The first-order chi connectivity index (χ1) is 11.0. The van der Waals surface area contributed by atoms with E-state index >= 15 is 0 Å². The molecule has 0 bridgehead atoms. The summed E-state index contributed by atoms with van der Waals surface area (Å²) in [4.78, 5) is 25.0. The number of amides is 1. The van der Waals surface area contributed by atoms with Crippen LogP contribution < -0.4 is 4.72 Å². The minimum atomic E-state index is -3.66. The Morgan fingerprint density at radius 1 is 1.33 bits per heavy atom. The van der Waals surface area contributed by atoms with Gasteiger partial charge in [0, 0.05) is 0 Å². The summed E-state index contributed by atoms with van der Waals surface area (Å²) >= 11 is 0. The van der Waals surface area contributed by atoms with Crippen LogP contribution >= 0.6 is 0 Å². The van der Waals surface area contributed by atoms with E-state index in [9.17, 15) is 23.1 Å². The number of carbonyl (C=O) groups is 2. The number of carboxylic acids is 1. The van der Waals surface area contributed by atoms with Gasteiger partial charge in [0.05, 0.1) is 11.4 Å². The van der Waals surface area contributed by atoms with Gasteiger partial charge in [0.25, 0.3) is 0 Å². The molecule has 0 spiro atoms. The van der Waals surface area contributed by atoms with Gasteiger partial charge in [-0.3, -0.25) is 4.90 Å². The van der Waals surface area contributed by atoms with Gasteiger partial charge in [0.1, 0.15) is 5.60 Å². The monoisotopic (exact) mass is 356 g/mol. The maximum atomic E-state index is 12.3. The molecule has 1 aromatic carbocycles. The average molecular weight is 356 g/mol. The second-order valence-corrected chi connectivity index (χ2v) is 8.30. The molecule has 8 nitrogen and oxygen atoms in total. The van der Waals surface area contributed by atoms with Crippen molar-refractivity contribution in [2.45, 2.75) is 43.9 Å². The fourth-order valence-electron chi connectivity index (χ4n) is 2.47. The Bertz CT molecular complexity index is 782. The first-order valence-corrected chi connectivity index (χ1v) is 8.73. The Morgan fingerprint density at radius 2 is 1.96 bits per heavy atom. The van der Waals surface area contributed by atoms with Crippen LogP contribution in [0.2, 0.25) is 0 Å². The molecular weight excluding hydrogens is 336 g/mol. The number of hydrogen-bond acceptors (Lipinski definition) is 5. The molecule has 0 aliphatic carbocycles. The number of hydrogen-bond donors (Lipinski definition) is 2. The van der Waals surface area contributed by atoms with Gasteiger partial charge in [-0.1, -0.05) is 6.07 Å². The summed E-state index contributed by atoms with van der Waals surface area (Å²) in [6.45, 7) is 5.01. The third-order valence-corrected chi connectivity index (χ3v) is 4.91. The molecule has 2 rings (SSSR count). The van der Waals surface area contributed by atoms with Gasteiger partial charge in [-0.05, 0) is 51.1 Å². The van der Waals surface area contributed by atoms with E-state index in [1.165, 1.54) is 25.2 Å². The number of benzene rings is 1. The molecule has 9 heteroatoms. The Kier molecular flexibility index (Phi) is 4.60. The first kappa shape index (κ1) is 18.2. The molecule has 132 valence electrons. The second-order valence-electron chi connectivity index (χ2n) is 6.42. The number of sulfonamides is 1. The molecule has 24 heavy (non-hydrogen) atoms. The zero-order valence-electron chi connectivity index (χ0n) is 13.9. The quantitative estimate of drug-likeness (QED) is 0.848. The summed E-state index contributed by atoms with van der Waals surface area (Å²) in [5.41, 5.74) is 0.0724. The SMILES string of the molecule is CNS(=O)(=O)c1ccc2c(c1)CN(C(=O)OC(C)(C)C)C2C(=O)O. The predicted molar refractivity (Wildman–Crippen MR) is 84.8 cm³/mol. The van der Waals surface area contributed by atoms with Crippen molar-refractivity contribution in [2.75, 3.05) is 7.05 Å². The fourth-order valence-corrected chi connectivity index (χ4v) is 3.25. The largest absolute Gasteiger partial charge is 0.479 e. The van der Waals surface area contributed by atoms with Crippen molar-refractivity contribution >= 4 is 22.1 Å². The summed E-state index contributed by atoms with van der Waals surface area (Å²) in [5, 5.41) is 9.47. The summed E-state index contributed by atoms with van der Waals surface area (Å²) in [5.74, 6) is -1.20. The highest BCUT2D eigenvalue weighted by molar-refractivity contribution is 7.89. The number of fused-ring (bicyclic) bond motifs is 1. The predicted octanol–water partition coefficient (Wildman–Crippen LogP) is 1.47. The second kappa shape index (κ2) is 6.06. The van der Waals surface area contributed by atoms with E-state index in [0.29, 0.717) is 11.1 Å². The van der Waals surface area contributed by atoms with Crippen LogP contribution in [0.1, 0.15) is 37.9 Å². The summed E-state index contributed by atoms with van der Waals surface area (Å²) in [6.07, 6.45) is -0.760. The normalized spacial score (nSPS) is 17.5. The zero-order valence-corrected chi connectivity index (χ0v) is 14.7. The highest BCUT2D eigenvalue weighted by Gasteiger charge is 2.41. The molecule has 0 radical (unpaired) electrons. The van der Waals surface area contributed by atoms with E-state index in [1.54, 1.807) is 20.8 Å². The third kappa shape index (κ3) is 3.51. The smallest absolute Gasteiger partial charge is 0.411 e. The topological polar surface area (TPSA) is 113 Å². The van der Waals surface area contributed by atoms with Crippen LogP contribution in [-0.4, -0.2) is 43.1 Å². The lowest BCUT2D eigenvalue weighted by molar-refractivity contribution is -0.143. The van der Waals surface area contributed by atoms with E-state index in [-0.39, 0.29) is 11.4 Å². The maximum absolute atomic E-state index is 12.3. The van der Waals surface area contributed by atoms with Gasteiger partial charge in [-0.2, -0.15) is 0 Å². The van der Waals surface area contributed by atoms with Gasteiger partial charge in [-0.15, -0.1) is 0 Å². The van der Waals surface area contributed by atoms with Crippen molar-refractivity contribution in [1.82, 2.24) is 9.62 Å². The first-order valence-electron chi connectivity index (χ1n) is 7.25. The van der Waals surface area contributed by atoms with Crippen LogP contribution in [0.3, 0.4) is 0 Å². The van der Waals surface area contributed by atoms with Gasteiger partial charge >= 0.3 is 12.1 Å². The van der Waals surface area contributed by atoms with Gasteiger partial charge in [-0.25, -0.2) is 22.7 Å². The molecule has 0 saturated heterocycles. The van der Waals surface area contributed by atoms with Crippen molar-refractivity contribution in [3.05, 3.63) is 29.3 Å². The van der Waals surface area contributed by atoms with Crippen molar-refractivity contribution in [2.24, 2.45) is 0 Å². The summed E-state index contributed by atoms with van der Waals surface area (Å²) in [6, 6.07) is 2.91. The number of nitrogens with one attached hydrogen (secondary N) is 1. The fraction of sp³-hybridized carbons (Fsp3) is 0.467. The van der Waals surface area contributed by atoms with Gasteiger partial charge in [0.15, 0.2) is 6.04 Å². The van der Waals surface area contributed by atoms with Gasteiger partial charge < -0.3 is 9.84 Å². The molecule has 1 amide bonds. The molecule has 2 N–H and O–H groups in total. The standard InChI is InChI=1S/C15H20N2O6S/c1-15(2,3)23-14(20)17-8-9-7-10(24(21,22)16-4)5-6-11(9)12(17)13(18)19/h5-7,12,16H,8H2,1-4H3,(H,18,19). The van der Waals surface area contributed by atoms with Crippen LogP contribution in [0.15, 0.2) is 23.1 Å². The highest BCUT2D eigenvalue weighted by atomic mass is 32.2. The van der Waals surface area contributed by atoms with E-state index in [4.69, 9.17) is 4.74 Å². The Hall–Kier alpha value is -2.13. The third-order valence-electron chi connectivity index (χ3n) is 3.50. The molecule has 1 heterocycles. The maximum Gasteiger partial charge on any atom is 0.411 e. The Balaban J connectivity index is 2.42. The van der Waals surface area contributed by atoms with E-state index < -0.39 is 33.7 Å². The number of carboxylic acid groups (broad SMARTS) is 1. The Labute approximate surface area is 140 Å². The van der Waals surface area contributed by atoms with Crippen molar-refractivity contribution in [1.29, 1.82) is 0 Å². The molecular formula is C15H20N2O6S. The van der Waals surface area contributed by atoms with Crippen molar-refractivity contribution in [3.63, 3.8) is 0 Å². The number of carbonyl (C=O) groups excluding carboxylic acids is 1. The van der Waals surface area contributed by atoms with Crippen LogP contribution in [0.4, 0.5) is 4.79 Å². The molecule has 0 fully saturated rings. The van der Waals surface area contributed by atoms with Crippen LogP contribution in [-0.2, 0) is 26.1 Å². The molecule has 0 aromatic heterocycles. The number of rotatable bonds is 3. The molecule has 1 aliphatic heterocycles. The lowest BCUT2D eigenvalue weighted by Crippen LogP contribution is -2.38. The van der Waals surface area contributed by atoms with E-state index in [2.05, 4.69) is 4.72 Å². The molecule has 1 atom stereocenters. The van der Waals surface area contributed by atoms with Crippen LogP contribution in [0.5, 0.6) is 0 Å². The van der Waals surface area contributed by atoms with Crippen LogP contribution in [0, 0.1) is 0 Å².